The number of hydrogen-bond acceptors (Lipinski definition) is 3. The van der Waals surface area contributed by atoms with Crippen molar-refractivity contribution >= 4 is 22.8 Å². The normalized spacial score (nSPS) is 20.6. The first kappa shape index (κ1) is 20.1. The van der Waals surface area contributed by atoms with E-state index in [1.165, 1.54) is 10.5 Å². The van der Waals surface area contributed by atoms with Crippen LogP contribution in [0, 0.1) is 0 Å². The summed E-state index contributed by atoms with van der Waals surface area (Å²) in [6.45, 7) is 6.24. The van der Waals surface area contributed by atoms with Crippen LogP contribution in [0.25, 0.3) is 11.0 Å². The topological polar surface area (TPSA) is 70.4 Å². The number of nitrogens with one attached hydrogen (secondary N) is 1. The number of rotatable bonds is 3. The van der Waals surface area contributed by atoms with Gasteiger partial charge in [-0.3, -0.25) is 4.90 Å². The fraction of sp³-hybridized carbons (Fsp3) is 0.440. The van der Waals surface area contributed by atoms with Gasteiger partial charge < -0.3 is 15.0 Å². The predicted molar refractivity (Wildman–Crippen MR) is 123 cm³/mol. The second-order valence-corrected chi connectivity index (χ2v) is 8.92. The summed E-state index contributed by atoms with van der Waals surface area (Å²) in [5.74, 6) is 1.25. The Kier molecular flexibility index (Phi) is 5.18. The van der Waals surface area contributed by atoms with Gasteiger partial charge in [-0.2, -0.15) is 0 Å². The van der Waals surface area contributed by atoms with Gasteiger partial charge in [-0.1, -0.05) is 37.3 Å². The number of imidazole rings is 1. The second kappa shape index (κ2) is 8.00. The molecule has 1 aromatic heterocycles. The molecule has 0 bridgehead atoms. The Balaban J connectivity index is 1.71. The van der Waals surface area contributed by atoms with Crippen molar-refractivity contribution in [2.75, 3.05) is 18.0 Å². The first-order chi connectivity index (χ1) is 15.1. The van der Waals surface area contributed by atoms with Crippen LogP contribution in [0.1, 0.15) is 62.0 Å². The van der Waals surface area contributed by atoms with Crippen molar-refractivity contribution in [1.82, 2.24) is 14.9 Å². The Labute approximate surface area is 182 Å². The standard InChI is InChI=1S/C25H30N4O2/c1-16-8-9-20-21(28(16)25(30)31)10-11-22-23(20)27-24(17(2)18-6-4-3-5-7-18)29(22)19-12-14-26-15-13-19/h3-7,10-11,16-17,19,26H,8-9,12-15H2,1-2H3,(H,30,31)/t16-,17-/m0/s1. The molecule has 1 saturated heterocycles. The van der Waals surface area contributed by atoms with Gasteiger partial charge in [0.1, 0.15) is 5.82 Å². The molecule has 2 aliphatic rings. The number of aromatic nitrogens is 2. The molecule has 6 heteroatoms. The van der Waals surface area contributed by atoms with Crippen molar-refractivity contribution in [2.45, 2.75) is 57.5 Å². The van der Waals surface area contributed by atoms with Crippen molar-refractivity contribution in [2.24, 2.45) is 0 Å². The van der Waals surface area contributed by atoms with E-state index < -0.39 is 6.09 Å². The first-order valence-corrected chi connectivity index (χ1v) is 11.4. The van der Waals surface area contributed by atoms with Crippen LogP contribution >= 0.6 is 0 Å². The van der Waals surface area contributed by atoms with Crippen LogP contribution in [-0.2, 0) is 6.42 Å². The molecule has 162 valence electrons. The lowest BCUT2D eigenvalue weighted by molar-refractivity contribution is 0.198. The zero-order valence-corrected chi connectivity index (χ0v) is 18.2. The average molecular weight is 419 g/mol. The Bertz CT molecular complexity index is 1100. The van der Waals surface area contributed by atoms with Crippen molar-refractivity contribution < 1.29 is 9.90 Å². The fourth-order valence-electron chi connectivity index (χ4n) is 5.35. The van der Waals surface area contributed by atoms with E-state index in [0.29, 0.717) is 6.04 Å². The number of nitrogens with zero attached hydrogens (tertiary/aromatic N) is 3. The summed E-state index contributed by atoms with van der Waals surface area (Å²) in [5, 5.41) is 13.3. The number of carbonyl (C=O) groups is 1. The third-order valence-corrected chi connectivity index (χ3v) is 7.05. The van der Waals surface area contributed by atoms with Crippen molar-refractivity contribution in [1.29, 1.82) is 0 Å². The minimum Gasteiger partial charge on any atom is -0.465 e. The van der Waals surface area contributed by atoms with Crippen LogP contribution in [0.2, 0.25) is 0 Å². The Morgan fingerprint density at radius 2 is 1.87 bits per heavy atom. The summed E-state index contributed by atoms with van der Waals surface area (Å²) >= 11 is 0. The molecule has 6 nitrogen and oxygen atoms in total. The van der Waals surface area contributed by atoms with Gasteiger partial charge >= 0.3 is 6.09 Å². The summed E-state index contributed by atoms with van der Waals surface area (Å²) in [5.41, 5.74) is 5.25. The van der Waals surface area contributed by atoms with Crippen LogP contribution in [0.5, 0.6) is 0 Å². The highest BCUT2D eigenvalue weighted by Crippen LogP contribution is 2.40. The van der Waals surface area contributed by atoms with E-state index in [1.807, 2.05) is 19.1 Å². The number of hydrogen-bond donors (Lipinski definition) is 2. The molecular weight excluding hydrogens is 388 g/mol. The molecule has 0 spiro atoms. The average Bonchev–Trinajstić information content (AvgIpc) is 3.19. The molecule has 31 heavy (non-hydrogen) atoms. The highest BCUT2D eigenvalue weighted by molar-refractivity contribution is 5.94. The van der Waals surface area contributed by atoms with Gasteiger partial charge in [0.25, 0.3) is 0 Å². The lowest BCUT2D eigenvalue weighted by Crippen LogP contribution is -2.41. The van der Waals surface area contributed by atoms with Crippen molar-refractivity contribution in [3.63, 3.8) is 0 Å². The zero-order valence-electron chi connectivity index (χ0n) is 18.2. The molecule has 2 aliphatic heterocycles. The molecule has 2 atom stereocenters. The van der Waals surface area contributed by atoms with E-state index in [1.54, 1.807) is 0 Å². The minimum absolute atomic E-state index is 0.0170. The molecule has 1 fully saturated rings. The number of aryl methyl sites for hydroxylation is 1. The van der Waals surface area contributed by atoms with Gasteiger partial charge in [-0.15, -0.1) is 0 Å². The molecule has 0 saturated carbocycles. The van der Waals surface area contributed by atoms with E-state index in [4.69, 9.17) is 4.98 Å². The molecular formula is C25H30N4O2. The Morgan fingerprint density at radius 3 is 2.58 bits per heavy atom. The molecule has 1 amide bonds. The van der Waals surface area contributed by atoms with E-state index >= 15 is 0 Å². The van der Waals surface area contributed by atoms with Crippen LogP contribution < -0.4 is 10.2 Å². The van der Waals surface area contributed by atoms with Gasteiger partial charge in [0.2, 0.25) is 0 Å². The van der Waals surface area contributed by atoms with Gasteiger partial charge in [0.05, 0.1) is 16.7 Å². The molecule has 0 radical (unpaired) electrons. The Morgan fingerprint density at radius 1 is 1.13 bits per heavy atom. The third kappa shape index (κ3) is 3.39. The maximum Gasteiger partial charge on any atom is 0.412 e. The summed E-state index contributed by atoms with van der Waals surface area (Å²) in [6, 6.07) is 15.0. The number of carboxylic acid groups (broad SMARTS) is 1. The summed E-state index contributed by atoms with van der Waals surface area (Å²) in [4.78, 5) is 18.7. The molecule has 0 unspecified atom stereocenters. The maximum absolute atomic E-state index is 12.0. The lowest BCUT2D eigenvalue weighted by atomic mass is 9.95. The minimum atomic E-state index is -0.886. The maximum atomic E-state index is 12.0. The molecule has 2 N–H and O–H groups in total. The smallest absolute Gasteiger partial charge is 0.412 e. The lowest BCUT2D eigenvalue weighted by Gasteiger charge is -2.33. The van der Waals surface area contributed by atoms with E-state index in [0.717, 1.165) is 66.9 Å². The fourth-order valence-corrected chi connectivity index (χ4v) is 5.35. The summed E-state index contributed by atoms with van der Waals surface area (Å²) < 4.78 is 2.46. The molecule has 3 heterocycles. The number of benzene rings is 2. The monoisotopic (exact) mass is 418 g/mol. The number of amides is 1. The first-order valence-electron chi connectivity index (χ1n) is 11.4. The number of fused-ring (bicyclic) bond motifs is 3. The molecule has 3 aromatic rings. The van der Waals surface area contributed by atoms with Gasteiger partial charge in [0, 0.05) is 23.6 Å². The summed E-state index contributed by atoms with van der Waals surface area (Å²) in [6.07, 6.45) is 2.95. The number of piperidine rings is 1. The second-order valence-electron chi connectivity index (χ2n) is 8.92. The van der Waals surface area contributed by atoms with Crippen molar-refractivity contribution in [3.05, 3.63) is 59.4 Å². The van der Waals surface area contributed by atoms with Crippen LogP contribution in [0.3, 0.4) is 0 Å². The Hall–Kier alpha value is -2.86. The van der Waals surface area contributed by atoms with E-state index in [-0.39, 0.29) is 12.0 Å². The highest BCUT2D eigenvalue weighted by Gasteiger charge is 2.32. The molecule has 5 rings (SSSR count). The number of anilines is 1. The van der Waals surface area contributed by atoms with Gasteiger partial charge in [-0.05, 0) is 63.4 Å². The largest absolute Gasteiger partial charge is 0.465 e. The highest BCUT2D eigenvalue weighted by atomic mass is 16.4. The van der Waals surface area contributed by atoms with Gasteiger partial charge in [-0.25, -0.2) is 9.78 Å². The van der Waals surface area contributed by atoms with Gasteiger partial charge in [0.15, 0.2) is 0 Å². The predicted octanol–water partition coefficient (Wildman–Crippen LogP) is 4.93. The quantitative estimate of drug-likeness (QED) is 0.633. The third-order valence-electron chi connectivity index (χ3n) is 7.05. The van der Waals surface area contributed by atoms with E-state index in [9.17, 15) is 9.90 Å². The van der Waals surface area contributed by atoms with Crippen LogP contribution in [0.4, 0.5) is 10.5 Å². The van der Waals surface area contributed by atoms with E-state index in [2.05, 4.69) is 47.1 Å². The van der Waals surface area contributed by atoms with Crippen LogP contribution in [0.15, 0.2) is 42.5 Å². The van der Waals surface area contributed by atoms with Crippen LogP contribution in [-0.4, -0.2) is 39.9 Å². The molecule has 0 aliphatic carbocycles. The molecule has 2 aromatic carbocycles. The zero-order chi connectivity index (χ0) is 21.5. The SMILES string of the molecule is C[C@@H](c1ccccc1)c1nc2c3c(ccc2n1C1CCNCC1)N(C(=O)O)[C@@H](C)CC3. The van der Waals surface area contributed by atoms with Crippen molar-refractivity contribution in [3.8, 4) is 0 Å². The summed E-state index contributed by atoms with van der Waals surface area (Å²) in [7, 11) is 0.